The molecule has 1 heterocycles. The lowest BCUT2D eigenvalue weighted by Gasteiger charge is -2.21. The summed E-state index contributed by atoms with van der Waals surface area (Å²) in [6, 6.07) is 11.8. The summed E-state index contributed by atoms with van der Waals surface area (Å²) in [6.07, 6.45) is 0. The average Bonchev–Trinajstić information content (AvgIpc) is 2.55. The number of ketones is 2. The molecule has 0 aliphatic carbocycles. The van der Waals surface area contributed by atoms with Crippen LogP contribution in [0.4, 0.5) is 0 Å². The Bertz CT molecular complexity index is 1150. The summed E-state index contributed by atoms with van der Waals surface area (Å²) >= 11 is 3.23. The van der Waals surface area contributed by atoms with Crippen LogP contribution in [0.25, 0.3) is 0 Å². The molecular weight excluding hydrogens is 464 g/mol. The van der Waals surface area contributed by atoms with Crippen LogP contribution in [0, 0.1) is 0 Å². The number of hydrogen-bond donors (Lipinski definition) is 2. The number of hydrogen-bond acceptors (Lipinski definition) is 9. The van der Waals surface area contributed by atoms with Crippen molar-refractivity contribution in [3.05, 3.63) is 47.5 Å². The van der Waals surface area contributed by atoms with Crippen LogP contribution in [0.15, 0.2) is 56.0 Å². The molecule has 0 unspecified atom stereocenters. The number of rotatable bonds is 4. The molecule has 13 heteroatoms. The van der Waals surface area contributed by atoms with E-state index in [-0.39, 0.29) is 11.6 Å². The fourth-order valence-electron chi connectivity index (χ4n) is 2.34. The van der Waals surface area contributed by atoms with Gasteiger partial charge in [-0.3, -0.25) is 18.7 Å². The molecule has 0 atom stereocenters. The van der Waals surface area contributed by atoms with Gasteiger partial charge in [0.15, 0.2) is 11.6 Å². The summed E-state index contributed by atoms with van der Waals surface area (Å²) in [7, 11) is -10.2. The van der Waals surface area contributed by atoms with Gasteiger partial charge in [-0.05, 0) is 38.1 Å². The SMILES string of the molecule is CC(=O)c1ccc2c(c1C(C)=O)Sc1ccccc1S2.O=S(=O)(O)OS(=O)(=O)O. The first-order valence-electron chi connectivity index (χ1n) is 7.58. The van der Waals surface area contributed by atoms with E-state index in [0.717, 1.165) is 14.7 Å². The molecule has 0 aromatic heterocycles. The molecule has 0 saturated heterocycles. The normalized spacial score (nSPS) is 12.8. The first kappa shape index (κ1) is 23.5. The highest BCUT2D eigenvalue weighted by Gasteiger charge is 2.24. The van der Waals surface area contributed by atoms with Crippen LogP contribution in [-0.4, -0.2) is 37.5 Å². The van der Waals surface area contributed by atoms with E-state index >= 15 is 0 Å². The van der Waals surface area contributed by atoms with E-state index in [1.807, 2.05) is 24.3 Å². The first-order valence-corrected chi connectivity index (χ1v) is 11.9. The molecule has 29 heavy (non-hydrogen) atoms. The molecule has 0 spiro atoms. The number of fused-ring (bicyclic) bond motifs is 2. The molecule has 2 aromatic carbocycles. The monoisotopic (exact) mass is 478 g/mol. The molecule has 2 aromatic rings. The van der Waals surface area contributed by atoms with Crippen molar-refractivity contribution >= 4 is 55.9 Å². The highest BCUT2D eigenvalue weighted by Crippen LogP contribution is 2.50. The van der Waals surface area contributed by atoms with Crippen LogP contribution in [-0.2, 0) is 24.4 Å². The third-order valence-corrected chi connectivity index (χ3v) is 7.28. The maximum Gasteiger partial charge on any atom is 0.413 e. The van der Waals surface area contributed by atoms with Gasteiger partial charge >= 0.3 is 20.8 Å². The minimum Gasteiger partial charge on any atom is -0.294 e. The van der Waals surface area contributed by atoms with E-state index in [1.165, 1.54) is 18.7 Å². The quantitative estimate of drug-likeness (QED) is 0.419. The van der Waals surface area contributed by atoms with Gasteiger partial charge in [0.1, 0.15) is 0 Å². The molecule has 0 amide bonds. The first-order chi connectivity index (χ1) is 13.3. The lowest BCUT2D eigenvalue weighted by Crippen LogP contribution is -2.10. The molecule has 9 nitrogen and oxygen atoms in total. The van der Waals surface area contributed by atoms with Crippen LogP contribution in [0.5, 0.6) is 0 Å². The summed E-state index contributed by atoms with van der Waals surface area (Å²) in [5, 5.41) is 0. The molecule has 0 fully saturated rings. The van der Waals surface area contributed by atoms with Gasteiger partial charge in [0.25, 0.3) is 0 Å². The van der Waals surface area contributed by atoms with E-state index in [4.69, 9.17) is 9.11 Å². The maximum absolute atomic E-state index is 12.0. The predicted octanol–water partition coefficient (Wildman–Crippen LogP) is 3.32. The number of benzene rings is 2. The Morgan fingerprint density at radius 2 is 1.31 bits per heavy atom. The highest BCUT2D eigenvalue weighted by atomic mass is 32.3. The minimum absolute atomic E-state index is 0.0560. The van der Waals surface area contributed by atoms with Gasteiger partial charge in [0.05, 0.1) is 0 Å². The van der Waals surface area contributed by atoms with Crippen molar-refractivity contribution in [3.63, 3.8) is 0 Å². The standard InChI is InChI=1S/C16H12O2S2.H2O7S2/c1-9(17)11-7-8-14-16(15(11)10(2)18)20-13-6-4-3-5-12(13)19-14;1-8(2,3)7-9(4,5)6/h3-8H,1-2H3;(H,1,2,3)(H,4,5,6). The molecule has 1 aliphatic heterocycles. The van der Waals surface area contributed by atoms with E-state index in [1.54, 1.807) is 29.6 Å². The average molecular weight is 479 g/mol. The minimum atomic E-state index is -5.12. The predicted molar refractivity (Wildman–Crippen MR) is 105 cm³/mol. The summed E-state index contributed by atoms with van der Waals surface area (Å²) in [5.41, 5.74) is 1.07. The van der Waals surface area contributed by atoms with Crippen molar-refractivity contribution in [2.45, 2.75) is 33.4 Å². The van der Waals surface area contributed by atoms with Gasteiger partial charge in [-0.15, -0.1) is 3.63 Å². The fourth-order valence-corrected chi connectivity index (χ4v) is 5.66. The van der Waals surface area contributed by atoms with Crippen molar-refractivity contribution in [2.24, 2.45) is 0 Å². The largest absolute Gasteiger partial charge is 0.413 e. The third kappa shape index (κ3) is 6.64. The van der Waals surface area contributed by atoms with E-state index in [0.29, 0.717) is 11.1 Å². The second-order valence-corrected chi connectivity index (χ2v) is 9.89. The van der Waals surface area contributed by atoms with Crippen molar-refractivity contribution in [3.8, 4) is 0 Å². The van der Waals surface area contributed by atoms with Gasteiger partial charge in [-0.1, -0.05) is 35.7 Å². The number of Topliss-reactive ketones (excluding diaryl/α,β-unsaturated/α-hetero) is 2. The Kier molecular flexibility index (Phi) is 7.27. The smallest absolute Gasteiger partial charge is 0.294 e. The Labute approximate surface area is 175 Å². The molecule has 2 N–H and O–H groups in total. The van der Waals surface area contributed by atoms with E-state index < -0.39 is 20.8 Å². The molecule has 1 aliphatic rings. The number of carbonyl (C=O) groups is 2. The zero-order valence-corrected chi connectivity index (χ0v) is 18.1. The summed E-state index contributed by atoms with van der Waals surface area (Å²) in [6.45, 7) is 3.02. The van der Waals surface area contributed by atoms with Crippen LogP contribution >= 0.6 is 23.5 Å². The topological polar surface area (TPSA) is 152 Å². The van der Waals surface area contributed by atoms with Crippen LogP contribution < -0.4 is 0 Å². The van der Waals surface area contributed by atoms with Crippen molar-refractivity contribution in [1.29, 1.82) is 0 Å². The van der Waals surface area contributed by atoms with Crippen LogP contribution in [0.1, 0.15) is 34.6 Å². The molecule has 0 saturated carbocycles. The van der Waals surface area contributed by atoms with Gasteiger partial charge in [-0.2, -0.15) is 16.8 Å². The third-order valence-electron chi connectivity index (χ3n) is 3.31. The summed E-state index contributed by atoms with van der Waals surface area (Å²) in [4.78, 5) is 28.0. The molecule has 3 rings (SSSR count). The van der Waals surface area contributed by atoms with Crippen molar-refractivity contribution in [2.75, 3.05) is 0 Å². The Hall–Kier alpha value is -1.74. The van der Waals surface area contributed by atoms with Crippen molar-refractivity contribution in [1.82, 2.24) is 0 Å². The second kappa shape index (κ2) is 8.95. The van der Waals surface area contributed by atoms with Gasteiger partial charge < -0.3 is 0 Å². The zero-order valence-electron chi connectivity index (χ0n) is 14.8. The fraction of sp³-hybridized carbons (Fsp3) is 0.125. The lowest BCUT2D eigenvalue weighted by molar-refractivity contribution is 0.0978. The molecule has 0 bridgehead atoms. The van der Waals surface area contributed by atoms with E-state index in [9.17, 15) is 26.4 Å². The van der Waals surface area contributed by atoms with Crippen molar-refractivity contribution < 1.29 is 39.2 Å². The molecule has 0 radical (unpaired) electrons. The lowest BCUT2D eigenvalue weighted by atomic mass is 10.0. The van der Waals surface area contributed by atoms with Crippen LogP contribution in [0.2, 0.25) is 0 Å². The Balaban J connectivity index is 0.000000284. The summed E-state index contributed by atoms with van der Waals surface area (Å²) < 4.78 is 55.6. The summed E-state index contributed by atoms with van der Waals surface area (Å²) in [5.74, 6) is -0.123. The second-order valence-electron chi connectivity index (χ2n) is 5.50. The van der Waals surface area contributed by atoms with Crippen LogP contribution in [0.3, 0.4) is 0 Å². The Morgan fingerprint density at radius 1 is 0.793 bits per heavy atom. The van der Waals surface area contributed by atoms with Gasteiger partial charge in [-0.25, -0.2) is 0 Å². The van der Waals surface area contributed by atoms with Gasteiger partial charge in [0.2, 0.25) is 0 Å². The molecule has 156 valence electrons. The Morgan fingerprint density at radius 3 is 1.72 bits per heavy atom. The van der Waals surface area contributed by atoms with E-state index in [2.05, 4.69) is 9.70 Å². The molecular formula is C16H14O9S4. The maximum atomic E-state index is 12.0. The number of carbonyl (C=O) groups excluding carboxylic acids is 2. The zero-order chi connectivity index (χ0) is 22.0. The highest BCUT2D eigenvalue weighted by molar-refractivity contribution is 8.05. The van der Waals surface area contributed by atoms with Gasteiger partial charge in [0, 0.05) is 30.7 Å².